The summed E-state index contributed by atoms with van der Waals surface area (Å²) in [6.45, 7) is 0.638. The molecular formula is C18H17ClN6O. The molecule has 4 rings (SSSR count). The first-order valence-electron chi connectivity index (χ1n) is 8.45. The van der Waals surface area contributed by atoms with E-state index < -0.39 is 0 Å². The van der Waals surface area contributed by atoms with Crippen molar-refractivity contribution in [1.29, 1.82) is 0 Å². The van der Waals surface area contributed by atoms with Crippen molar-refractivity contribution in [3.8, 4) is 11.4 Å². The highest BCUT2D eigenvalue weighted by atomic mass is 35.5. The van der Waals surface area contributed by atoms with Gasteiger partial charge >= 0.3 is 0 Å². The molecule has 1 amide bonds. The number of pyridine rings is 2. The van der Waals surface area contributed by atoms with Gasteiger partial charge in [0.25, 0.3) is 0 Å². The lowest BCUT2D eigenvalue weighted by atomic mass is 9.91. The average Bonchev–Trinajstić information content (AvgIpc) is 3.16. The third-order valence-electron chi connectivity index (χ3n) is 4.50. The lowest BCUT2D eigenvalue weighted by Gasteiger charge is -2.30. The topological polar surface area (TPSA) is 87.7 Å². The Hall–Kier alpha value is -2.80. The van der Waals surface area contributed by atoms with Crippen molar-refractivity contribution in [2.45, 2.75) is 19.3 Å². The van der Waals surface area contributed by atoms with Gasteiger partial charge in [0.15, 0.2) is 5.82 Å². The number of aromatic nitrogens is 5. The third kappa shape index (κ3) is 3.43. The highest BCUT2D eigenvalue weighted by molar-refractivity contribution is 6.29. The highest BCUT2D eigenvalue weighted by Gasteiger charge is 2.31. The molecular weight excluding hydrogens is 352 g/mol. The van der Waals surface area contributed by atoms with Crippen LogP contribution >= 0.6 is 11.6 Å². The van der Waals surface area contributed by atoms with E-state index in [4.69, 9.17) is 11.6 Å². The molecule has 3 aromatic heterocycles. The molecule has 4 heterocycles. The fourth-order valence-electron chi connectivity index (χ4n) is 3.18. The first kappa shape index (κ1) is 16.7. The number of aromatic amines is 1. The van der Waals surface area contributed by atoms with Crippen molar-refractivity contribution in [3.63, 3.8) is 0 Å². The number of nitrogens with one attached hydrogen (secondary N) is 1. The molecule has 1 aliphatic heterocycles. The summed E-state index contributed by atoms with van der Waals surface area (Å²) in [5.74, 6) is 1.07. The van der Waals surface area contributed by atoms with E-state index in [1.165, 1.54) is 0 Å². The number of nitrogens with zero attached hydrogens (tertiary/aromatic N) is 5. The average molecular weight is 369 g/mol. The Kier molecular flexibility index (Phi) is 4.62. The van der Waals surface area contributed by atoms with E-state index in [9.17, 15) is 4.79 Å². The van der Waals surface area contributed by atoms with Crippen LogP contribution in [0.1, 0.15) is 18.4 Å². The molecule has 0 aromatic carbocycles. The Morgan fingerprint density at radius 3 is 2.81 bits per heavy atom. The summed E-state index contributed by atoms with van der Waals surface area (Å²) in [7, 11) is 0. The van der Waals surface area contributed by atoms with Crippen LogP contribution in [-0.2, 0) is 11.2 Å². The molecule has 8 heteroatoms. The Labute approximate surface area is 155 Å². The van der Waals surface area contributed by atoms with Gasteiger partial charge in [-0.05, 0) is 43.0 Å². The van der Waals surface area contributed by atoms with Gasteiger partial charge in [-0.2, -0.15) is 0 Å². The summed E-state index contributed by atoms with van der Waals surface area (Å²) in [5, 5.41) is 8.79. The van der Waals surface area contributed by atoms with Gasteiger partial charge in [-0.1, -0.05) is 17.7 Å². The SMILES string of the molecule is O=C1C(Cc2ccc(Cl)nc2)CCCN1c1nnc(-c2ccncc2)[nH]1. The largest absolute Gasteiger partial charge is 0.307 e. The van der Waals surface area contributed by atoms with Gasteiger partial charge in [-0.25, -0.2) is 4.98 Å². The Morgan fingerprint density at radius 2 is 2.04 bits per heavy atom. The zero-order chi connectivity index (χ0) is 17.9. The summed E-state index contributed by atoms with van der Waals surface area (Å²) in [4.78, 5) is 25.8. The molecule has 26 heavy (non-hydrogen) atoms. The van der Waals surface area contributed by atoms with E-state index >= 15 is 0 Å². The number of hydrogen-bond acceptors (Lipinski definition) is 5. The van der Waals surface area contributed by atoms with Crippen LogP contribution in [0.4, 0.5) is 5.95 Å². The molecule has 0 aliphatic carbocycles. The summed E-state index contributed by atoms with van der Waals surface area (Å²) in [6.07, 6.45) is 7.53. The lowest BCUT2D eigenvalue weighted by Crippen LogP contribution is -2.42. The third-order valence-corrected chi connectivity index (χ3v) is 4.73. The van der Waals surface area contributed by atoms with E-state index in [1.54, 1.807) is 29.6 Å². The molecule has 0 bridgehead atoms. The van der Waals surface area contributed by atoms with Crippen molar-refractivity contribution >= 4 is 23.5 Å². The summed E-state index contributed by atoms with van der Waals surface area (Å²) >= 11 is 5.83. The van der Waals surface area contributed by atoms with Crippen LogP contribution in [0.25, 0.3) is 11.4 Å². The van der Waals surface area contributed by atoms with Crippen molar-refractivity contribution in [2.24, 2.45) is 5.92 Å². The van der Waals surface area contributed by atoms with Crippen LogP contribution in [-0.4, -0.2) is 37.6 Å². The predicted octanol–water partition coefficient (Wildman–Crippen LogP) is 2.90. The fourth-order valence-corrected chi connectivity index (χ4v) is 3.29. The van der Waals surface area contributed by atoms with Crippen molar-refractivity contribution in [3.05, 3.63) is 53.6 Å². The molecule has 7 nitrogen and oxygen atoms in total. The predicted molar refractivity (Wildman–Crippen MR) is 97.6 cm³/mol. The minimum absolute atomic E-state index is 0.0589. The summed E-state index contributed by atoms with van der Waals surface area (Å²) < 4.78 is 0. The van der Waals surface area contributed by atoms with Gasteiger partial charge in [0.05, 0.1) is 0 Å². The van der Waals surface area contributed by atoms with E-state index in [-0.39, 0.29) is 11.8 Å². The maximum Gasteiger partial charge on any atom is 0.232 e. The molecule has 1 fully saturated rings. The van der Waals surface area contributed by atoms with Gasteiger partial charge < -0.3 is 4.98 Å². The lowest BCUT2D eigenvalue weighted by molar-refractivity contribution is -0.123. The van der Waals surface area contributed by atoms with Crippen LogP contribution in [0.15, 0.2) is 42.9 Å². The number of carbonyl (C=O) groups excluding carboxylic acids is 1. The van der Waals surface area contributed by atoms with Crippen molar-refractivity contribution < 1.29 is 4.79 Å². The van der Waals surface area contributed by atoms with E-state index in [2.05, 4.69) is 25.1 Å². The molecule has 132 valence electrons. The minimum Gasteiger partial charge on any atom is -0.307 e. The van der Waals surface area contributed by atoms with Gasteiger partial charge in [0, 0.05) is 36.6 Å². The number of carbonyl (C=O) groups is 1. The molecule has 3 aromatic rings. The van der Waals surface area contributed by atoms with Crippen LogP contribution in [0.2, 0.25) is 5.15 Å². The number of rotatable bonds is 4. The van der Waals surface area contributed by atoms with Crippen LogP contribution in [0, 0.1) is 5.92 Å². The molecule has 1 N–H and O–H groups in total. The zero-order valence-electron chi connectivity index (χ0n) is 14.0. The van der Waals surface area contributed by atoms with Gasteiger partial charge in [-0.3, -0.25) is 14.7 Å². The van der Waals surface area contributed by atoms with Gasteiger partial charge in [-0.15, -0.1) is 10.2 Å². The number of H-pyrrole nitrogens is 1. The second-order valence-electron chi connectivity index (χ2n) is 6.26. The maximum absolute atomic E-state index is 12.9. The quantitative estimate of drug-likeness (QED) is 0.715. The second kappa shape index (κ2) is 7.21. The molecule has 0 radical (unpaired) electrons. The Bertz CT molecular complexity index is 896. The summed E-state index contributed by atoms with van der Waals surface area (Å²) in [6, 6.07) is 7.36. The zero-order valence-corrected chi connectivity index (χ0v) is 14.7. The summed E-state index contributed by atoms with van der Waals surface area (Å²) in [5.41, 5.74) is 1.89. The Balaban J connectivity index is 1.51. The van der Waals surface area contributed by atoms with Gasteiger partial charge in [0.1, 0.15) is 5.15 Å². The minimum atomic E-state index is -0.0961. The first-order valence-corrected chi connectivity index (χ1v) is 8.83. The molecule has 1 saturated heterocycles. The van der Waals surface area contributed by atoms with Crippen LogP contribution in [0.3, 0.4) is 0 Å². The second-order valence-corrected chi connectivity index (χ2v) is 6.64. The molecule has 1 aliphatic rings. The smallest absolute Gasteiger partial charge is 0.232 e. The molecule has 0 saturated carbocycles. The van der Waals surface area contributed by atoms with Crippen LogP contribution in [0.5, 0.6) is 0 Å². The van der Waals surface area contributed by atoms with E-state index in [0.29, 0.717) is 29.9 Å². The number of piperidine rings is 1. The maximum atomic E-state index is 12.9. The highest BCUT2D eigenvalue weighted by Crippen LogP contribution is 2.26. The van der Waals surface area contributed by atoms with Crippen molar-refractivity contribution in [2.75, 3.05) is 11.4 Å². The van der Waals surface area contributed by atoms with Crippen molar-refractivity contribution in [1.82, 2.24) is 25.1 Å². The number of anilines is 1. The number of hydrogen-bond donors (Lipinski definition) is 1. The van der Waals surface area contributed by atoms with Crippen LogP contribution < -0.4 is 4.90 Å². The van der Waals surface area contributed by atoms with Gasteiger partial charge in [0.2, 0.25) is 11.9 Å². The normalized spacial score (nSPS) is 17.5. The molecule has 0 spiro atoms. The van der Waals surface area contributed by atoms with E-state index in [1.807, 2.05) is 18.2 Å². The fraction of sp³-hybridized carbons (Fsp3) is 0.278. The monoisotopic (exact) mass is 368 g/mol. The standard InChI is InChI=1S/C18H17ClN6O/c19-15-4-3-12(11-21-15)10-14-2-1-9-25(17(14)26)18-22-16(23-24-18)13-5-7-20-8-6-13/h3-8,11,14H,1-2,9-10H2,(H,22,23,24). The first-order chi connectivity index (χ1) is 12.7. The molecule has 1 atom stereocenters. The number of halogens is 1. The number of amides is 1. The molecule has 1 unspecified atom stereocenters. The van der Waals surface area contributed by atoms with E-state index in [0.717, 1.165) is 24.0 Å². The Morgan fingerprint density at radius 1 is 1.19 bits per heavy atom.